The third-order valence-corrected chi connectivity index (χ3v) is 4.41. The molecule has 3 aromatic rings. The van der Waals surface area contributed by atoms with Gasteiger partial charge in [-0.3, -0.25) is 4.79 Å². The summed E-state index contributed by atoms with van der Waals surface area (Å²) < 4.78 is 13.5. The molecule has 1 heterocycles. The van der Waals surface area contributed by atoms with Crippen molar-refractivity contribution in [3.05, 3.63) is 82.3 Å². The number of amides is 1. The van der Waals surface area contributed by atoms with Crippen LogP contribution in [0.4, 0.5) is 4.39 Å². The Bertz CT molecular complexity index is 816. The maximum Gasteiger partial charge on any atom is 0.254 e. The van der Waals surface area contributed by atoms with Crippen LogP contribution in [-0.4, -0.2) is 17.6 Å². The van der Waals surface area contributed by atoms with E-state index in [4.69, 9.17) is 0 Å². The molecule has 0 aliphatic carbocycles. The van der Waals surface area contributed by atoms with Crippen molar-refractivity contribution in [1.82, 2.24) is 5.32 Å². The number of halogens is 1. The van der Waals surface area contributed by atoms with Crippen molar-refractivity contribution < 1.29 is 14.3 Å². The second kappa shape index (κ2) is 7.38. The Kier molecular flexibility index (Phi) is 5.03. The number of hydrogen-bond acceptors (Lipinski definition) is 3. The number of aliphatic hydroxyl groups is 1. The second-order valence-corrected chi connectivity index (χ2v) is 6.12. The quantitative estimate of drug-likeness (QED) is 0.736. The molecule has 0 fully saturated rings. The second-order valence-electron chi connectivity index (χ2n) is 5.34. The molecule has 3 rings (SSSR count). The van der Waals surface area contributed by atoms with E-state index in [1.54, 1.807) is 17.4 Å². The van der Waals surface area contributed by atoms with Crippen LogP contribution in [-0.2, 0) is 0 Å². The van der Waals surface area contributed by atoms with Gasteiger partial charge in [0.15, 0.2) is 0 Å². The van der Waals surface area contributed by atoms with Crippen molar-refractivity contribution in [3.8, 4) is 11.1 Å². The normalized spacial score (nSPS) is 11.9. The van der Waals surface area contributed by atoms with Crippen LogP contribution in [0.2, 0.25) is 0 Å². The van der Waals surface area contributed by atoms with Gasteiger partial charge >= 0.3 is 0 Å². The lowest BCUT2D eigenvalue weighted by molar-refractivity contribution is 0.0912. The predicted octanol–water partition coefficient (Wildman–Crippen LogP) is 4.02. The van der Waals surface area contributed by atoms with Crippen LogP contribution in [0.25, 0.3) is 11.1 Å². The van der Waals surface area contributed by atoms with E-state index in [1.807, 2.05) is 35.7 Å². The Morgan fingerprint density at radius 3 is 2.50 bits per heavy atom. The third kappa shape index (κ3) is 3.69. The Labute approximate surface area is 143 Å². The lowest BCUT2D eigenvalue weighted by atomic mass is 10.0. The van der Waals surface area contributed by atoms with Crippen LogP contribution >= 0.6 is 11.3 Å². The summed E-state index contributed by atoms with van der Waals surface area (Å²) in [5.41, 5.74) is 2.87. The van der Waals surface area contributed by atoms with E-state index in [9.17, 15) is 14.3 Å². The van der Waals surface area contributed by atoms with Crippen LogP contribution in [0.15, 0.2) is 65.4 Å². The molecule has 5 heteroatoms. The highest BCUT2D eigenvalue weighted by molar-refractivity contribution is 7.08. The zero-order valence-electron chi connectivity index (χ0n) is 12.8. The van der Waals surface area contributed by atoms with Crippen LogP contribution in [0.1, 0.15) is 22.0 Å². The zero-order chi connectivity index (χ0) is 16.9. The maximum atomic E-state index is 13.5. The molecule has 0 bridgehead atoms. The van der Waals surface area contributed by atoms with E-state index in [0.29, 0.717) is 5.56 Å². The van der Waals surface area contributed by atoms with Gasteiger partial charge in [-0.05, 0) is 45.6 Å². The number of hydrogen-bond donors (Lipinski definition) is 2. The molecule has 0 spiro atoms. The van der Waals surface area contributed by atoms with Gasteiger partial charge in [-0.1, -0.05) is 36.4 Å². The molecular formula is C19H16FNO2S. The Morgan fingerprint density at radius 1 is 1.08 bits per heavy atom. The molecule has 0 saturated heterocycles. The summed E-state index contributed by atoms with van der Waals surface area (Å²) in [5.74, 6) is -1.12. The predicted molar refractivity (Wildman–Crippen MR) is 93.4 cm³/mol. The molecule has 122 valence electrons. The van der Waals surface area contributed by atoms with E-state index in [0.717, 1.165) is 11.1 Å². The molecule has 0 radical (unpaired) electrons. The molecule has 24 heavy (non-hydrogen) atoms. The molecule has 0 saturated carbocycles. The highest BCUT2D eigenvalue weighted by Gasteiger charge is 2.13. The molecule has 1 aromatic heterocycles. The molecule has 0 aliphatic heterocycles. The van der Waals surface area contributed by atoms with E-state index in [-0.39, 0.29) is 12.1 Å². The average Bonchev–Trinajstić information content (AvgIpc) is 3.14. The summed E-state index contributed by atoms with van der Waals surface area (Å²) in [4.78, 5) is 11.9. The third-order valence-electron chi connectivity index (χ3n) is 3.72. The first-order valence-corrected chi connectivity index (χ1v) is 8.43. The minimum Gasteiger partial charge on any atom is -0.387 e. The first-order chi connectivity index (χ1) is 11.6. The van der Waals surface area contributed by atoms with Gasteiger partial charge < -0.3 is 10.4 Å². The van der Waals surface area contributed by atoms with Crippen molar-refractivity contribution in [2.24, 2.45) is 0 Å². The smallest absolute Gasteiger partial charge is 0.254 e. The lowest BCUT2D eigenvalue weighted by Gasteiger charge is -2.13. The van der Waals surface area contributed by atoms with Gasteiger partial charge in [-0.25, -0.2) is 4.39 Å². The fourth-order valence-corrected chi connectivity index (χ4v) is 3.04. The molecule has 1 atom stereocenters. The summed E-state index contributed by atoms with van der Waals surface area (Å²) in [6, 6.07) is 15.3. The van der Waals surface area contributed by atoms with Crippen LogP contribution in [0.5, 0.6) is 0 Å². The zero-order valence-corrected chi connectivity index (χ0v) is 13.6. The maximum absolute atomic E-state index is 13.5. The van der Waals surface area contributed by atoms with Gasteiger partial charge in [-0.2, -0.15) is 11.3 Å². The van der Waals surface area contributed by atoms with Gasteiger partial charge in [0.1, 0.15) is 5.82 Å². The molecule has 3 nitrogen and oxygen atoms in total. The average molecular weight is 341 g/mol. The topological polar surface area (TPSA) is 49.3 Å². The monoisotopic (exact) mass is 341 g/mol. The summed E-state index contributed by atoms with van der Waals surface area (Å²) >= 11 is 1.63. The van der Waals surface area contributed by atoms with Gasteiger partial charge in [0.25, 0.3) is 5.91 Å². The molecule has 0 aliphatic rings. The fraction of sp³-hybridized carbons (Fsp3) is 0.105. The van der Waals surface area contributed by atoms with Crippen molar-refractivity contribution in [2.45, 2.75) is 6.10 Å². The Hall–Kier alpha value is -2.50. The van der Waals surface area contributed by atoms with E-state index in [1.165, 1.54) is 18.2 Å². The molecular weight excluding hydrogens is 325 g/mol. The summed E-state index contributed by atoms with van der Waals surface area (Å²) in [6.45, 7) is 0.0188. The Balaban J connectivity index is 1.62. The highest BCUT2D eigenvalue weighted by atomic mass is 32.1. The molecule has 2 aromatic carbocycles. The van der Waals surface area contributed by atoms with Crippen LogP contribution < -0.4 is 5.32 Å². The summed E-state index contributed by atoms with van der Waals surface area (Å²) in [6.07, 6.45) is -0.850. The van der Waals surface area contributed by atoms with Gasteiger partial charge in [0.05, 0.1) is 11.7 Å². The first kappa shape index (κ1) is 16.4. The fourth-order valence-electron chi connectivity index (χ4n) is 2.37. The van der Waals surface area contributed by atoms with E-state index < -0.39 is 17.8 Å². The number of carbonyl (C=O) groups is 1. The summed E-state index contributed by atoms with van der Waals surface area (Å²) in [7, 11) is 0. The standard InChI is InChI=1S/C19H16FNO2S/c20-17-4-2-1-3-16(17)19(23)21-11-18(22)14-7-5-13(6-8-14)15-9-10-24-12-15/h1-10,12,18,22H,11H2,(H,21,23). The molecule has 1 unspecified atom stereocenters. The van der Waals surface area contributed by atoms with Crippen LogP contribution in [0, 0.1) is 5.82 Å². The number of thiophene rings is 1. The van der Waals surface area contributed by atoms with Gasteiger partial charge in [0.2, 0.25) is 0 Å². The molecule has 1 amide bonds. The minimum atomic E-state index is -0.850. The number of nitrogens with one attached hydrogen (secondary N) is 1. The SMILES string of the molecule is O=C(NCC(O)c1ccc(-c2ccsc2)cc1)c1ccccc1F. The van der Waals surface area contributed by atoms with Crippen molar-refractivity contribution in [2.75, 3.05) is 6.54 Å². The number of carbonyl (C=O) groups excluding carboxylic acids is 1. The van der Waals surface area contributed by atoms with Crippen molar-refractivity contribution in [3.63, 3.8) is 0 Å². The Morgan fingerprint density at radius 2 is 1.83 bits per heavy atom. The summed E-state index contributed by atoms with van der Waals surface area (Å²) in [5, 5.41) is 16.8. The van der Waals surface area contributed by atoms with Crippen LogP contribution in [0.3, 0.4) is 0 Å². The largest absolute Gasteiger partial charge is 0.387 e. The van der Waals surface area contributed by atoms with Gasteiger partial charge in [-0.15, -0.1) is 0 Å². The number of rotatable bonds is 5. The first-order valence-electron chi connectivity index (χ1n) is 7.48. The highest BCUT2D eigenvalue weighted by Crippen LogP contribution is 2.24. The van der Waals surface area contributed by atoms with E-state index in [2.05, 4.69) is 10.7 Å². The number of benzene rings is 2. The lowest BCUT2D eigenvalue weighted by Crippen LogP contribution is -2.29. The minimum absolute atomic E-state index is 0.0188. The van der Waals surface area contributed by atoms with Crippen molar-refractivity contribution in [1.29, 1.82) is 0 Å². The number of aliphatic hydroxyl groups excluding tert-OH is 1. The van der Waals surface area contributed by atoms with Gasteiger partial charge in [0, 0.05) is 6.54 Å². The molecule has 2 N–H and O–H groups in total. The van der Waals surface area contributed by atoms with Crippen molar-refractivity contribution >= 4 is 17.2 Å². The van der Waals surface area contributed by atoms with E-state index >= 15 is 0 Å².